The van der Waals surface area contributed by atoms with Crippen molar-refractivity contribution in [2.75, 3.05) is 12.4 Å². The molecule has 1 fully saturated rings. The van der Waals surface area contributed by atoms with Crippen LogP contribution in [0.25, 0.3) is 0 Å². The van der Waals surface area contributed by atoms with E-state index >= 15 is 0 Å². The van der Waals surface area contributed by atoms with Crippen LogP contribution in [0.3, 0.4) is 0 Å². The molecule has 5 heteroatoms. The van der Waals surface area contributed by atoms with Crippen LogP contribution in [-0.4, -0.2) is 24.3 Å². The van der Waals surface area contributed by atoms with Crippen molar-refractivity contribution in [1.82, 2.24) is 5.32 Å². The van der Waals surface area contributed by atoms with Crippen molar-refractivity contribution in [1.29, 1.82) is 0 Å². The van der Waals surface area contributed by atoms with Gasteiger partial charge in [0.15, 0.2) is 0 Å². The van der Waals surface area contributed by atoms with E-state index in [1.165, 1.54) is 0 Å². The first-order chi connectivity index (χ1) is 7.55. The fraction of sp³-hybridized carbons (Fsp3) is 0.909. The molecule has 0 radical (unpaired) electrons. The maximum Gasteiger partial charge on any atom is 0.248 e. The fourth-order valence-electron chi connectivity index (χ4n) is 1.88. The van der Waals surface area contributed by atoms with Crippen molar-refractivity contribution >= 4 is 17.5 Å². The molecule has 0 bridgehead atoms. The molecule has 0 saturated heterocycles. The zero-order chi connectivity index (χ0) is 12.0. The van der Waals surface area contributed by atoms with Crippen molar-refractivity contribution in [3.63, 3.8) is 0 Å². The number of nitrogens with one attached hydrogen (secondary N) is 1. The molecule has 1 amide bonds. The van der Waals surface area contributed by atoms with Crippen LogP contribution in [0.1, 0.15) is 38.5 Å². The van der Waals surface area contributed by atoms with Gasteiger partial charge in [-0.25, -0.2) is 8.78 Å². The van der Waals surface area contributed by atoms with Gasteiger partial charge in [0.2, 0.25) is 11.8 Å². The van der Waals surface area contributed by atoms with Crippen LogP contribution < -0.4 is 5.32 Å². The molecule has 0 heterocycles. The zero-order valence-electron chi connectivity index (χ0n) is 9.28. The predicted octanol–water partition coefficient (Wildman–Crippen LogP) is 2.95. The molecule has 94 valence electrons. The van der Waals surface area contributed by atoms with Gasteiger partial charge in [-0.3, -0.25) is 4.79 Å². The van der Waals surface area contributed by atoms with Gasteiger partial charge in [-0.15, -0.1) is 11.6 Å². The molecule has 0 aromatic heterocycles. The Labute approximate surface area is 99.7 Å². The minimum Gasteiger partial charge on any atom is -0.356 e. The van der Waals surface area contributed by atoms with E-state index in [0.29, 0.717) is 25.3 Å². The highest BCUT2D eigenvalue weighted by Gasteiger charge is 2.37. The number of hydrogen-bond acceptors (Lipinski definition) is 1. The molecule has 0 aromatic rings. The van der Waals surface area contributed by atoms with Gasteiger partial charge in [-0.2, -0.15) is 0 Å². The second-order valence-electron chi connectivity index (χ2n) is 4.32. The molecule has 16 heavy (non-hydrogen) atoms. The van der Waals surface area contributed by atoms with Gasteiger partial charge < -0.3 is 5.32 Å². The minimum absolute atomic E-state index is 0.0786. The highest BCUT2D eigenvalue weighted by Crippen LogP contribution is 2.36. The standard InChI is InChI=1S/C11H18ClF2NO/c12-7-1-2-8-15-10(16)9-3-5-11(13,14)6-4-9/h9H,1-8H2,(H,15,16). The summed E-state index contributed by atoms with van der Waals surface area (Å²) < 4.78 is 25.7. The molecule has 0 atom stereocenters. The monoisotopic (exact) mass is 253 g/mol. The predicted molar refractivity (Wildman–Crippen MR) is 59.9 cm³/mol. The number of carbonyl (C=O) groups excluding carboxylic acids is 1. The van der Waals surface area contributed by atoms with Gasteiger partial charge in [-0.05, 0) is 25.7 Å². The lowest BCUT2D eigenvalue weighted by Crippen LogP contribution is -2.36. The smallest absolute Gasteiger partial charge is 0.248 e. The van der Waals surface area contributed by atoms with Crippen molar-refractivity contribution in [2.24, 2.45) is 5.92 Å². The Balaban J connectivity index is 2.18. The molecular formula is C11H18ClF2NO. The number of alkyl halides is 3. The highest BCUT2D eigenvalue weighted by atomic mass is 35.5. The highest BCUT2D eigenvalue weighted by molar-refractivity contribution is 6.17. The Kier molecular flexibility index (Phi) is 5.46. The normalized spacial score (nSPS) is 20.7. The Morgan fingerprint density at radius 1 is 1.31 bits per heavy atom. The summed E-state index contributed by atoms with van der Waals surface area (Å²) in [5.74, 6) is -2.28. The second kappa shape index (κ2) is 6.38. The van der Waals surface area contributed by atoms with Crippen LogP contribution in [0.4, 0.5) is 8.78 Å². The first-order valence-corrected chi connectivity index (χ1v) is 6.30. The molecule has 1 saturated carbocycles. The quantitative estimate of drug-likeness (QED) is 0.592. The number of hydrogen-bond donors (Lipinski definition) is 1. The molecular weight excluding hydrogens is 236 g/mol. The summed E-state index contributed by atoms with van der Waals surface area (Å²) in [6.07, 6.45) is 1.99. The molecule has 0 aromatic carbocycles. The molecule has 0 unspecified atom stereocenters. The topological polar surface area (TPSA) is 29.1 Å². The van der Waals surface area contributed by atoms with Gasteiger partial charge in [0, 0.05) is 31.2 Å². The van der Waals surface area contributed by atoms with Gasteiger partial charge in [-0.1, -0.05) is 0 Å². The van der Waals surface area contributed by atoms with Gasteiger partial charge in [0.05, 0.1) is 0 Å². The fourth-order valence-corrected chi connectivity index (χ4v) is 2.07. The number of carbonyl (C=O) groups is 1. The van der Waals surface area contributed by atoms with E-state index in [-0.39, 0.29) is 24.7 Å². The molecule has 1 aliphatic rings. The maximum absolute atomic E-state index is 12.8. The van der Waals surface area contributed by atoms with E-state index in [1.54, 1.807) is 0 Å². The van der Waals surface area contributed by atoms with E-state index in [1.807, 2.05) is 0 Å². The van der Waals surface area contributed by atoms with Crippen molar-refractivity contribution < 1.29 is 13.6 Å². The first-order valence-electron chi connectivity index (χ1n) is 5.77. The van der Waals surface area contributed by atoms with Crippen LogP contribution >= 0.6 is 11.6 Å². The molecule has 1 N–H and O–H groups in total. The summed E-state index contributed by atoms with van der Waals surface area (Å²) in [6.45, 7) is 0.596. The number of amides is 1. The largest absolute Gasteiger partial charge is 0.356 e. The lowest BCUT2D eigenvalue weighted by Gasteiger charge is -2.27. The van der Waals surface area contributed by atoms with Gasteiger partial charge in [0.1, 0.15) is 0 Å². The third kappa shape index (κ3) is 4.64. The maximum atomic E-state index is 12.8. The lowest BCUT2D eigenvalue weighted by atomic mass is 9.86. The Hall–Kier alpha value is -0.380. The van der Waals surface area contributed by atoms with Crippen molar-refractivity contribution in [3.05, 3.63) is 0 Å². The van der Waals surface area contributed by atoms with E-state index in [4.69, 9.17) is 11.6 Å². The van der Waals surface area contributed by atoms with Crippen LogP contribution in [0.2, 0.25) is 0 Å². The molecule has 0 aliphatic heterocycles. The zero-order valence-corrected chi connectivity index (χ0v) is 10.0. The van der Waals surface area contributed by atoms with Crippen LogP contribution in [0.5, 0.6) is 0 Å². The summed E-state index contributed by atoms with van der Waals surface area (Å²) in [5.41, 5.74) is 0. The first kappa shape index (κ1) is 13.7. The van der Waals surface area contributed by atoms with E-state index in [9.17, 15) is 13.6 Å². The van der Waals surface area contributed by atoms with E-state index < -0.39 is 5.92 Å². The third-order valence-corrected chi connectivity index (χ3v) is 3.21. The summed E-state index contributed by atoms with van der Waals surface area (Å²) in [4.78, 5) is 11.6. The number of halogens is 3. The Morgan fingerprint density at radius 3 is 2.50 bits per heavy atom. The molecule has 0 spiro atoms. The van der Waals surface area contributed by atoms with Crippen LogP contribution in [-0.2, 0) is 4.79 Å². The number of unbranched alkanes of at least 4 members (excludes halogenated alkanes) is 1. The third-order valence-electron chi connectivity index (χ3n) is 2.95. The summed E-state index contributed by atoms with van der Waals surface area (Å²) in [6, 6.07) is 0. The van der Waals surface area contributed by atoms with Crippen LogP contribution in [0, 0.1) is 5.92 Å². The average molecular weight is 254 g/mol. The Bertz CT molecular complexity index is 226. The van der Waals surface area contributed by atoms with Crippen molar-refractivity contribution in [3.8, 4) is 0 Å². The summed E-state index contributed by atoms with van der Waals surface area (Å²) in [5, 5.41) is 2.77. The SMILES string of the molecule is O=C(NCCCCCl)C1CCC(F)(F)CC1. The molecule has 1 aliphatic carbocycles. The van der Waals surface area contributed by atoms with E-state index in [0.717, 1.165) is 12.8 Å². The number of rotatable bonds is 5. The van der Waals surface area contributed by atoms with Gasteiger partial charge >= 0.3 is 0 Å². The average Bonchev–Trinajstić information content (AvgIpc) is 2.24. The Morgan fingerprint density at radius 2 is 1.94 bits per heavy atom. The summed E-state index contributed by atoms with van der Waals surface area (Å²) in [7, 11) is 0. The van der Waals surface area contributed by atoms with Crippen LogP contribution in [0.15, 0.2) is 0 Å². The van der Waals surface area contributed by atoms with E-state index in [2.05, 4.69) is 5.32 Å². The minimum atomic E-state index is -2.56. The van der Waals surface area contributed by atoms with Crippen molar-refractivity contribution in [2.45, 2.75) is 44.4 Å². The summed E-state index contributed by atoms with van der Waals surface area (Å²) >= 11 is 5.50. The van der Waals surface area contributed by atoms with Gasteiger partial charge in [0.25, 0.3) is 0 Å². The molecule has 2 nitrogen and oxygen atoms in total. The molecule has 1 rings (SSSR count). The second-order valence-corrected chi connectivity index (χ2v) is 4.70. The lowest BCUT2D eigenvalue weighted by molar-refractivity contribution is -0.129.